The lowest BCUT2D eigenvalue weighted by Crippen LogP contribution is -2.28. The number of nitrogens with one attached hydrogen (secondary N) is 4. The second-order valence-corrected chi connectivity index (χ2v) is 8.16. The number of benzene rings is 1. The molecule has 0 aliphatic heterocycles. The fourth-order valence-electron chi connectivity index (χ4n) is 4.61. The van der Waals surface area contributed by atoms with Crippen LogP contribution in [0.2, 0.25) is 0 Å². The molecule has 0 atom stereocenters. The highest BCUT2D eigenvalue weighted by molar-refractivity contribution is 5.50. The molecule has 4 heterocycles. The number of H-pyrrole nitrogens is 4. The Labute approximate surface area is 176 Å². The molecule has 4 N–H and O–H groups in total. The van der Waals surface area contributed by atoms with Crippen LogP contribution in [0.3, 0.4) is 0 Å². The highest BCUT2D eigenvalue weighted by Crippen LogP contribution is 2.40. The Bertz CT molecular complexity index is 1010. The molecular weight excluding hydrogens is 368 g/mol. The Hall–Kier alpha value is -3.66. The van der Waals surface area contributed by atoms with Crippen molar-refractivity contribution in [3.8, 4) is 0 Å². The van der Waals surface area contributed by atoms with Crippen molar-refractivity contribution < 1.29 is 0 Å². The molecule has 4 nitrogen and oxygen atoms in total. The lowest BCUT2D eigenvalue weighted by Gasteiger charge is -2.32. The predicted octanol–water partition coefficient (Wildman–Crippen LogP) is 5.71. The van der Waals surface area contributed by atoms with Crippen molar-refractivity contribution in [1.82, 2.24) is 19.9 Å². The van der Waals surface area contributed by atoms with Crippen LogP contribution in [0.1, 0.15) is 47.8 Å². The average Bonchev–Trinajstić information content (AvgIpc) is 3.61. The first-order valence-corrected chi connectivity index (χ1v) is 10.3. The summed E-state index contributed by atoms with van der Waals surface area (Å²) in [5.41, 5.74) is 6.53. The number of aromatic nitrogens is 4. The van der Waals surface area contributed by atoms with E-state index in [9.17, 15) is 0 Å². The van der Waals surface area contributed by atoms with E-state index in [-0.39, 0.29) is 10.8 Å². The molecule has 0 saturated carbocycles. The smallest absolute Gasteiger partial charge is 0.0723 e. The number of hydrogen-bond donors (Lipinski definition) is 4. The minimum absolute atomic E-state index is 0.291. The monoisotopic (exact) mass is 394 g/mol. The summed E-state index contributed by atoms with van der Waals surface area (Å²) in [7, 11) is 0. The molecule has 0 radical (unpaired) electrons. The lowest BCUT2D eigenvalue weighted by molar-refractivity contribution is 0.637. The van der Waals surface area contributed by atoms with Crippen LogP contribution in [0, 0.1) is 0 Å². The molecule has 0 aliphatic rings. The minimum Gasteiger partial charge on any atom is -0.364 e. The molecule has 0 bridgehead atoms. The van der Waals surface area contributed by atoms with Crippen LogP contribution in [0.4, 0.5) is 0 Å². The summed E-state index contributed by atoms with van der Waals surface area (Å²) >= 11 is 0. The van der Waals surface area contributed by atoms with Gasteiger partial charge in [0.1, 0.15) is 0 Å². The summed E-state index contributed by atoms with van der Waals surface area (Å²) in [6.07, 6.45) is 7.94. The van der Waals surface area contributed by atoms with E-state index < -0.39 is 0 Å². The molecule has 0 amide bonds. The van der Waals surface area contributed by atoms with Gasteiger partial charge in [-0.05, 0) is 73.5 Å². The molecule has 0 saturated heterocycles. The number of hydrogen-bond acceptors (Lipinski definition) is 0. The molecule has 5 rings (SSSR count). The van der Waals surface area contributed by atoms with Gasteiger partial charge in [-0.3, -0.25) is 0 Å². The van der Waals surface area contributed by atoms with Crippen LogP contribution < -0.4 is 0 Å². The predicted molar refractivity (Wildman–Crippen MR) is 121 cm³/mol. The van der Waals surface area contributed by atoms with Gasteiger partial charge >= 0.3 is 0 Å². The molecule has 150 valence electrons. The van der Waals surface area contributed by atoms with Gasteiger partial charge in [-0.1, -0.05) is 24.3 Å². The maximum atomic E-state index is 3.42. The second-order valence-electron chi connectivity index (χ2n) is 8.16. The quantitative estimate of drug-likeness (QED) is 0.285. The van der Waals surface area contributed by atoms with Crippen LogP contribution in [0.25, 0.3) is 0 Å². The summed E-state index contributed by atoms with van der Waals surface area (Å²) in [5, 5.41) is 0. The van der Waals surface area contributed by atoms with Crippen molar-refractivity contribution in [2.75, 3.05) is 0 Å². The summed E-state index contributed by atoms with van der Waals surface area (Å²) in [6, 6.07) is 25.8. The molecule has 0 unspecified atom stereocenters. The molecule has 1 aromatic carbocycles. The van der Waals surface area contributed by atoms with Crippen molar-refractivity contribution in [3.63, 3.8) is 0 Å². The zero-order chi connectivity index (χ0) is 20.6. The minimum atomic E-state index is -0.291. The third-order valence-electron chi connectivity index (χ3n) is 6.59. The highest BCUT2D eigenvalue weighted by atomic mass is 14.8. The van der Waals surface area contributed by atoms with Gasteiger partial charge in [-0.15, -0.1) is 0 Å². The van der Waals surface area contributed by atoms with Crippen molar-refractivity contribution in [2.45, 2.75) is 24.7 Å². The summed E-state index contributed by atoms with van der Waals surface area (Å²) < 4.78 is 0. The van der Waals surface area contributed by atoms with Crippen molar-refractivity contribution in [2.24, 2.45) is 0 Å². The van der Waals surface area contributed by atoms with Gasteiger partial charge in [0.2, 0.25) is 0 Å². The van der Waals surface area contributed by atoms with Gasteiger partial charge in [0, 0.05) is 47.6 Å². The third kappa shape index (κ3) is 2.68. The van der Waals surface area contributed by atoms with Gasteiger partial charge in [0.25, 0.3) is 0 Å². The van der Waals surface area contributed by atoms with Crippen molar-refractivity contribution in [3.05, 3.63) is 131 Å². The van der Waals surface area contributed by atoms with Crippen molar-refractivity contribution in [1.29, 1.82) is 0 Å². The van der Waals surface area contributed by atoms with E-state index in [4.69, 9.17) is 0 Å². The third-order valence-corrected chi connectivity index (χ3v) is 6.59. The van der Waals surface area contributed by atoms with Gasteiger partial charge in [-0.25, -0.2) is 0 Å². The van der Waals surface area contributed by atoms with Crippen LogP contribution in [0.15, 0.2) is 97.6 Å². The normalized spacial score (nSPS) is 12.3. The average molecular weight is 395 g/mol. The summed E-state index contributed by atoms with van der Waals surface area (Å²) in [6.45, 7) is 4.52. The Balaban J connectivity index is 1.63. The fourth-order valence-corrected chi connectivity index (χ4v) is 4.61. The molecule has 4 aromatic heterocycles. The largest absolute Gasteiger partial charge is 0.364 e. The molecule has 5 aromatic rings. The Kier molecular flexibility index (Phi) is 4.28. The first kappa shape index (κ1) is 18.4. The zero-order valence-corrected chi connectivity index (χ0v) is 17.2. The first-order valence-electron chi connectivity index (χ1n) is 10.3. The summed E-state index contributed by atoms with van der Waals surface area (Å²) in [5.74, 6) is 0. The van der Waals surface area contributed by atoms with Gasteiger partial charge < -0.3 is 19.9 Å². The molecule has 0 aliphatic carbocycles. The van der Waals surface area contributed by atoms with Gasteiger partial charge in [0.15, 0.2) is 0 Å². The standard InChI is InChI=1S/C26H26N4/c1-25(21-7-3-15-27-21,22-8-4-16-28-22)19-11-13-20(14-12-19)26(2,23-9-5-17-29-23)24-10-6-18-30-24/h3-18,27-30H,1-2H3. The highest BCUT2D eigenvalue weighted by Gasteiger charge is 2.36. The Morgan fingerprint density at radius 2 is 0.700 bits per heavy atom. The first-order chi connectivity index (χ1) is 14.6. The van der Waals surface area contributed by atoms with Gasteiger partial charge in [0.05, 0.1) is 10.8 Å². The SMILES string of the molecule is CC(c1ccc(C(C)(c2ccc[nH]2)c2ccc[nH]2)cc1)(c1ccc[nH]1)c1ccc[nH]1. The van der Waals surface area contributed by atoms with Gasteiger partial charge in [-0.2, -0.15) is 0 Å². The molecular formula is C26H26N4. The topological polar surface area (TPSA) is 63.2 Å². The van der Waals surface area contributed by atoms with Crippen LogP contribution in [0.5, 0.6) is 0 Å². The second kappa shape index (κ2) is 6.99. The van der Waals surface area contributed by atoms with E-state index in [1.165, 1.54) is 11.1 Å². The molecule has 4 heteroatoms. The Morgan fingerprint density at radius 3 is 0.900 bits per heavy atom. The van der Waals surface area contributed by atoms with E-state index in [2.05, 4.69) is 107 Å². The maximum Gasteiger partial charge on any atom is 0.0723 e. The molecule has 30 heavy (non-hydrogen) atoms. The van der Waals surface area contributed by atoms with E-state index in [1.807, 2.05) is 24.8 Å². The number of aromatic amines is 4. The van der Waals surface area contributed by atoms with Crippen LogP contribution >= 0.6 is 0 Å². The van der Waals surface area contributed by atoms with E-state index in [0.29, 0.717) is 0 Å². The molecule has 0 fully saturated rings. The number of rotatable bonds is 6. The zero-order valence-electron chi connectivity index (χ0n) is 17.2. The van der Waals surface area contributed by atoms with Crippen LogP contribution in [-0.2, 0) is 10.8 Å². The lowest BCUT2D eigenvalue weighted by atomic mass is 9.73. The maximum absolute atomic E-state index is 3.42. The van der Waals surface area contributed by atoms with E-state index >= 15 is 0 Å². The summed E-state index contributed by atoms with van der Waals surface area (Å²) in [4.78, 5) is 13.7. The fraction of sp³-hybridized carbons (Fsp3) is 0.154. The van der Waals surface area contributed by atoms with Crippen LogP contribution in [-0.4, -0.2) is 19.9 Å². The van der Waals surface area contributed by atoms with E-state index in [1.54, 1.807) is 0 Å². The van der Waals surface area contributed by atoms with Crippen molar-refractivity contribution >= 4 is 0 Å². The Morgan fingerprint density at radius 1 is 0.433 bits per heavy atom. The molecule has 0 spiro atoms. The van der Waals surface area contributed by atoms with E-state index in [0.717, 1.165) is 22.8 Å².